The Hall–Kier alpha value is -3.05. The lowest BCUT2D eigenvalue weighted by molar-refractivity contribution is -0.673. The maximum atomic E-state index is 10.6. The van der Waals surface area contributed by atoms with Crippen LogP contribution in [0.4, 0.5) is 0 Å². The van der Waals surface area contributed by atoms with Gasteiger partial charge in [-0.25, -0.2) is 9.13 Å². The molecule has 0 spiro atoms. The van der Waals surface area contributed by atoms with Crippen molar-refractivity contribution in [3.05, 3.63) is 66.0 Å². The number of hydrogen-bond acceptors (Lipinski definition) is 3. The van der Waals surface area contributed by atoms with Gasteiger partial charge in [0.15, 0.2) is 11.0 Å². The molecule has 0 aliphatic rings. The molecular weight excluding hydrogens is 484 g/mol. The molecule has 3 aromatic carbocycles. The molecule has 0 saturated heterocycles. The second kappa shape index (κ2) is 13.3. The van der Waals surface area contributed by atoms with Crippen molar-refractivity contribution in [3.8, 4) is 11.5 Å². The first-order valence-corrected chi connectivity index (χ1v) is 14.7. The second-order valence-corrected chi connectivity index (χ2v) is 12.0. The second-order valence-electron chi connectivity index (χ2n) is 12.0. The molecular formula is C34H47N2O3+. The number of rotatable bonds is 14. The Morgan fingerprint density at radius 3 is 2.05 bits per heavy atom. The summed E-state index contributed by atoms with van der Waals surface area (Å²) < 4.78 is 17.5. The Kier molecular flexibility index (Phi) is 9.90. The summed E-state index contributed by atoms with van der Waals surface area (Å²) in [6.45, 7) is 16.2. The number of imidazole rings is 1. The van der Waals surface area contributed by atoms with E-state index in [1.54, 1.807) is 0 Å². The van der Waals surface area contributed by atoms with Crippen molar-refractivity contribution in [2.45, 2.75) is 80.5 Å². The lowest BCUT2D eigenvalue weighted by Gasteiger charge is -2.18. The summed E-state index contributed by atoms with van der Waals surface area (Å²) >= 11 is 0. The van der Waals surface area contributed by atoms with E-state index >= 15 is 0 Å². The van der Waals surface area contributed by atoms with Gasteiger partial charge < -0.3 is 14.6 Å². The summed E-state index contributed by atoms with van der Waals surface area (Å²) in [6.07, 6.45) is 3.05. The van der Waals surface area contributed by atoms with Crippen LogP contribution in [0.25, 0.3) is 21.8 Å². The number of benzene rings is 3. The van der Waals surface area contributed by atoms with Crippen molar-refractivity contribution in [1.29, 1.82) is 0 Å². The van der Waals surface area contributed by atoms with Crippen molar-refractivity contribution in [3.63, 3.8) is 0 Å². The van der Waals surface area contributed by atoms with Crippen LogP contribution >= 0.6 is 0 Å². The quantitative estimate of drug-likeness (QED) is 0.171. The summed E-state index contributed by atoms with van der Waals surface area (Å²) in [4.78, 5) is 0. The lowest BCUT2D eigenvalue weighted by Crippen LogP contribution is -2.39. The largest absolute Gasteiger partial charge is 0.493 e. The smallest absolute Gasteiger partial charge is 0.283 e. The minimum absolute atomic E-state index is 0.0261. The zero-order valence-electron chi connectivity index (χ0n) is 24.7. The molecule has 0 amide bonds. The summed E-state index contributed by atoms with van der Waals surface area (Å²) in [5.74, 6) is 4.45. The van der Waals surface area contributed by atoms with Gasteiger partial charge in [-0.05, 0) is 55.2 Å². The highest BCUT2D eigenvalue weighted by Crippen LogP contribution is 2.37. The summed E-state index contributed by atoms with van der Waals surface area (Å²) in [6, 6.07) is 19.0. The summed E-state index contributed by atoms with van der Waals surface area (Å²) in [7, 11) is 0. The maximum Gasteiger partial charge on any atom is 0.283 e. The molecule has 0 atom stereocenters. The van der Waals surface area contributed by atoms with Gasteiger partial charge in [0.25, 0.3) is 5.82 Å². The van der Waals surface area contributed by atoms with E-state index in [9.17, 15) is 5.11 Å². The number of aromatic nitrogens is 2. The van der Waals surface area contributed by atoms with Crippen molar-refractivity contribution in [2.24, 2.45) is 17.8 Å². The number of nitrogens with zero attached hydrogens (tertiary/aromatic N) is 2. The third-order valence-electron chi connectivity index (χ3n) is 7.41. The maximum absolute atomic E-state index is 10.6. The monoisotopic (exact) mass is 531 g/mol. The van der Waals surface area contributed by atoms with Crippen molar-refractivity contribution in [2.75, 3.05) is 13.2 Å². The highest BCUT2D eigenvalue weighted by atomic mass is 16.5. The molecule has 0 radical (unpaired) electrons. The highest BCUT2D eigenvalue weighted by molar-refractivity contribution is 5.94. The van der Waals surface area contributed by atoms with Crippen molar-refractivity contribution < 1.29 is 19.1 Å². The molecule has 0 unspecified atom stereocenters. The lowest BCUT2D eigenvalue weighted by atomic mass is 10.0. The average Bonchev–Trinajstić information content (AvgIpc) is 3.20. The number of aryl methyl sites for hydroxylation is 1. The van der Waals surface area contributed by atoms with Crippen LogP contribution < -0.4 is 14.0 Å². The molecule has 0 aliphatic heterocycles. The molecule has 5 nitrogen and oxygen atoms in total. The van der Waals surface area contributed by atoms with Gasteiger partial charge in [0.2, 0.25) is 0 Å². The topological polar surface area (TPSA) is 47.5 Å². The molecule has 1 aromatic heterocycles. The van der Waals surface area contributed by atoms with Crippen LogP contribution in [0.2, 0.25) is 0 Å². The Labute approximate surface area is 234 Å². The third-order valence-corrected chi connectivity index (χ3v) is 7.41. The molecule has 210 valence electrons. The van der Waals surface area contributed by atoms with Crippen LogP contribution in [0.15, 0.2) is 54.6 Å². The van der Waals surface area contributed by atoms with Crippen molar-refractivity contribution >= 4 is 21.8 Å². The van der Waals surface area contributed by atoms with Gasteiger partial charge in [0, 0.05) is 16.3 Å². The first kappa shape index (κ1) is 28.9. The van der Waals surface area contributed by atoms with Gasteiger partial charge in [-0.1, -0.05) is 77.9 Å². The van der Waals surface area contributed by atoms with Crippen LogP contribution in [-0.2, 0) is 19.7 Å². The summed E-state index contributed by atoms with van der Waals surface area (Å²) in [5, 5.41) is 12.8. The van der Waals surface area contributed by atoms with Crippen LogP contribution in [0, 0.1) is 17.8 Å². The molecule has 1 heterocycles. The fourth-order valence-corrected chi connectivity index (χ4v) is 5.08. The van der Waals surface area contributed by atoms with Crippen LogP contribution in [0.3, 0.4) is 0 Å². The van der Waals surface area contributed by atoms with Crippen LogP contribution in [0.1, 0.15) is 72.2 Å². The first-order chi connectivity index (χ1) is 18.8. The minimum atomic E-state index is -0.0261. The van der Waals surface area contributed by atoms with Gasteiger partial charge in [-0.2, -0.15) is 0 Å². The molecule has 1 N–H and O–H groups in total. The molecule has 39 heavy (non-hydrogen) atoms. The van der Waals surface area contributed by atoms with E-state index < -0.39 is 0 Å². The number of aliphatic hydroxyl groups is 1. The molecule has 0 saturated carbocycles. The number of fused-ring (bicyclic) bond motifs is 2. The predicted molar refractivity (Wildman–Crippen MR) is 160 cm³/mol. The number of para-hydroxylation sites is 2. The van der Waals surface area contributed by atoms with E-state index in [1.807, 2.05) is 0 Å². The van der Waals surface area contributed by atoms with E-state index in [-0.39, 0.29) is 6.61 Å². The number of hydrogen-bond donors (Lipinski definition) is 1. The molecule has 0 aliphatic carbocycles. The SMILES string of the molecule is CC(C)CCOc1cc(C[n+]2c(CO)n(CCC(C)C)c3ccccc32)c(OCCC(C)C)c2ccccc12. The fraction of sp³-hybridized carbons (Fsp3) is 0.500. The molecule has 0 fully saturated rings. The van der Waals surface area contributed by atoms with Gasteiger partial charge in [0.1, 0.15) is 24.7 Å². The zero-order valence-corrected chi connectivity index (χ0v) is 24.7. The van der Waals surface area contributed by atoms with Gasteiger partial charge in [-0.3, -0.25) is 0 Å². The van der Waals surface area contributed by atoms with E-state index in [4.69, 9.17) is 9.47 Å². The van der Waals surface area contributed by atoms with Crippen LogP contribution in [-0.4, -0.2) is 22.9 Å². The van der Waals surface area contributed by atoms with Gasteiger partial charge in [0.05, 0.1) is 19.8 Å². The van der Waals surface area contributed by atoms with Gasteiger partial charge in [-0.15, -0.1) is 0 Å². The Bertz CT molecular complexity index is 1370. The summed E-state index contributed by atoms with van der Waals surface area (Å²) in [5.41, 5.74) is 3.34. The number of aliphatic hydroxyl groups excluding tert-OH is 1. The fourth-order valence-electron chi connectivity index (χ4n) is 5.08. The Morgan fingerprint density at radius 2 is 1.38 bits per heavy atom. The molecule has 4 rings (SSSR count). The average molecular weight is 532 g/mol. The molecule has 4 aromatic rings. The first-order valence-electron chi connectivity index (χ1n) is 14.7. The Morgan fingerprint density at radius 1 is 0.769 bits per heavy atom. The predicted octanol–water partition coefficient (Wildman–Crippen LogP) is 7.52. The van der Waals surface area contributed by atoms with Gasteiger partial charge >= 0.3 is 0 Å². The van der Waals surface area contributed by atoms with E-state index in [0.717, 1.165) is 70.5 Å². The molecule has 5 heteroatoms. The number of ether oxygens (including phenoxy) is 2. The normalized spacial score (nSPS) is 11.9. The van der Waals surface area contributed by atoms with Crippen LogP contribution in [0.5, 0.6) is 11.5 Å². The zero-order chi connectivity index (χ0) is 27.9. The van der Waals surface area contributed by atoms with E-state index in [1.165, 1.54) is 0 Å². The van der Waals surface area contributed by atoms with Crippen molar-refractivity contribution in [1.82, 2.24) is 4.57 Å². The minimum Gasteiger partial charge on any atom is -0.493 e. The highest BCUT2D eigenvalue weighted by Gasteiger charge is 2.26. The third kappa shape index (κ3) is 6.94. The molecule has 0 bridgehead atoms. The van der Waals surface area contributed by atoms with E-state index in [2.05, 4.69) is 105 Å². The van der Waals surface area contributed by atoms with E-state index in [0.29, 0.717) is 37.5 Å². The standard InChI is InChI=1S/C34H47N2O3/c1-24(2)15-18-35-30-13-9-10-14-31(30)36(33(35)23-37)22-27-21-32(38-19-16-25(3)4)28-11-7-8-12-29(28)34(27)39-20-17-26(5)6/h7-14,21,24-26,37H,15-20,22-23H2,1-6H3/q+1. The Balaban J connectivity index is 1.85.